The first-order chi connectivity index (χ1) is 5.68. The van der Waals surface area contributed by atoms with Crippen LogP contribution in [-0.4, -0.2) is 6.29 Å². The van der Waals surface area contributed by atoms with Crippen LogP contribution in [0.25, 0.3) is 0 Å². The summed E-state index contributed by atoms with van der Waals surface area (Å²) in [6.07, 6.45) is 8.07. The molecular formula is C11H22O. The highest BCUT2D eigenvalue weighted by Gasteiger charge is 1.79. The zero-order chi connectivity index (χ0) is 9.82. The second-order valence-electron chi connectivity index (χ2n) is 3.16. The molecule has 1 heteroatoms. The SMILES string of the molecule is C=CCCCCC.CC(C)C=O. The minimum atomic E-state index is 0.204. The van der Waals surface area contributed by atoms with Gasteiger partial charge >= 0.3 is 0 Å². The van der Waals surface area contributed by atoms with Gasteiger partial charge in [-0.3, -0.25) is 0 Å². The predicted molar refractivity (Wildman–Crippen MR) is 55.2 cm³/mol. The molecule has 0 fully saturated rings. The van der Waals surface area contributed by atoms with Crippen LogP contribution in [0.1, 0.15) is 46.5 Å². The Hall–Kier alpha value is -0.590. The number of carbonyl (C=O) groups is 1. The third-order valence-electron chi connectivity index (χ3n) is 1.28. The van der Waals surface area contributed by atoms with Gasteiger partial charge in [-0.25, -0.2) is 0 Å². The van der Waals surface area contributed by atoms with Crippen molar-refractivity contribution in [1.82, 2.24) is 0 Å². The molecule has 0 aromatic carbocycles. The fourth-order valence-electron chi connectivity index (χ4n) is 0.539. The summed E-state index contributed by atoms with van der Waals surface area (Å²) in [5, 5.41) is 0. The van der Waals surface area contributed by atoms with Gasteiger partial charge in [-0.2, -0.15) is 0 Å². The molecule has 0 aromatic heterocycles. The van der Waals surface area contributed by atoms with Crippen molar-refractivity contribution in [1.29, 1.82) is 0 Å². The van der Waals surface area contributed by atoms with Gasteiger partial charge in [-0.1, -0.05) is 39.7 Å². The van der Waals surface area contributed by atoms with Crippen LogP contribution < -0.4 is 0 Å². The summed E-state index contributed by atoms with van der Waals surface area (Å²) < 4.78 is 0. The molecule has 0 heterocycles. The molecule has 0 saturated heterocycles. The molecule has 0 unspecified atom stereocenters. The summed E-state index contributed by atoms with van der Waals surface area (Å²) in [5.41, 5.74) is 0. The smallest absolute Gasteiger partial charge is 0.122 e. The number of aldehydes is 1. The Kier molecular flexibility index (Phi) is 15.2. The largest absolute Gasteiger partial charge is 0.303 e. The summed E-state index contributed by atoms with van der Waals surface area (Å²) in [7, 11) is 0. The van der Waals surface area contributed by atoms with Crippen molar-refractivity contribution in [3.05, 3.63) is 12.7 Å². The zero-order valence-electron chi connectivity index (χ0n) is 8.68. The fourth-order valence-corrected chi connectivity index (χ4v) is 0.539. The lowest BCUT2D eigenvalue weighted by Gasteiger charge is -1.87. The summed E-state index contributed by atoms with van der Waals surface area (Å²) in [6.45, 7) is 9.55. The van der Waals surface area contributed by atoms with Gasteiger partial charge in [-0.05, 0) is 12.8 Å². The Morgan fingerprint density at radius 2 is 1.83 bits per heavy atom. The zero-order valence-corrected chi connectivity index (χ0v) is 8.68. The van der Waals surface area contributed by atoms with Gasteiger partial charge in [0, 0.05) is 5.92 Å². The van der Waals surface area contributed by atoms with E-state index in [2.05, 4.69) is 13.5 Å². The van der Waals surface area contributed by atoms with E-state index in [0.717, 1.165) is 6.29 Å². The Balaban J connectivity index is 0. The number of allylic oxidation sites excluding steroid dienone is 1. The Morgan fingerprint density at radius 1 is 1.33 bits per heavy atom. The average molecular weight is 170 g/mol. The average Bonchev–Trinajstić information content (AvgIpc) is 2.07. The first-order valence-electron chi connectivity index (χ1n) is 4.75. The van der Waals surface area contributed by atoms with E-state index in [0.29, 0.717) is 0 Å². The van der Waals surface area contributed by atoms with Crippen LogP contribution >= 0.6 is 0 Å². The Morgan fingerprint density at radius 3 is 2.08 bits per heavy atom. The maximum absolute atomic E-state index is 9.50. The van der Waals surface area contributed by atoms with E-state index in [9.17, 15) is 4.79 Å². The van der Waals surface area contributed by atoms with Gasteiger partial charge in [0.2, 0.25) is 0 Å². The quantitative estimate of drug-likeness (QED) is 0.350. The summed E-state index contributed by atoms with van der Waals surface area (Å²) in [6, 6.07) is 0. The lowest BCUT2D eigenvalue weighted by atomic mass is 10.2. The van der Waals surface area contributed by atoms with E-state index in [1.54, 1.807) is 0 Å². The van der Waals surface area contributed by atoms with E-state index >= 15 is 0 Å². The highest BCUT2D eigenvalue weighted by molar-refractivity contribution is 5.51. The molecule has 0 aliphatic carbocycles. The van der Waals surface area contributed by atoms with Crippen LogP contribution in [0.4, 0.5) is 0 Å². The monoisotopic (exact) mass is 170 g/mol. The number of unbranched alkanes of at least 4 members (excludes halogenated alkanes) is 3. The van der Waals surface area contributed by atoms with E-state index < -0.39 is 0 Å². The third-order valence-corrected chi connectivity index (χ3v) is 1.28. The topological polar surface area (TPSA) is 17.1 Å². The Labute approximate surface area is 76.9 Å². The maximum Gasteiger partial charge on any atom is 0.122 e. The molecule has 0 amide bonds. The van der Waals surface area contributed by atoms with E-state index in [1.807, 2.05) is 19.9 Å². The molecular weight excluding hydrogens is 148 g/mol. The predicted octanol–water partition coefficient (Wildman–Crippen LogP) is 3.59. The van der Waals surface area contributed by atoms with Crippen molar-refractivity contribution < 1.29 is 4.79 Å². The molecule has 0 aliphatic rings. The molecule has 0 spiro atoms. The first kappa shape index (κ1) is 14.0. The molecule has 0 N–H and O–H groups in total. The molecule has 12 heavy (non-hydrogen) atoms. The summed E-state index contributed by atoms with van der Waals surface area (Å²) in [4.78, 5) is 9.50. The van der Waals surface area contributed by atoms with E-state index in [4.69, 9.17) is 0 Å². The summed E-state index contributed by atoms with van der Waals surface area (Å²) >= 11 is 0. The van der Waals surface area contributed by atoms with Crippen LogP contribution in [0, 0.1) is 5.92 Å². The number of hydrogen-bond donors (Lipinski definition) is 0. The second-order valence-corrected chi connectivity index (χ2v) is 3.16. The normalized spacial score (nSPS) is 8.67. The van der Waals surface area contributed by atoms with E-state index in [1.165, 1.54) is 25.7 Å². The van der Waals surface area contributed by atoms with Gasteiger partial charge in [0.25, 0.3) is 0 Å². The van der Waals surface area contributed by atoms with Crippen molar-refractivity contribution in [2.75, 3.05) is 0 Å². The van der Waals surface area contributed by atoms with E-state index in [-0.39, 0.29) is 5.92 Å². The van der Waals surface area contributed by atoms with Crippen molar-refractivity contribution >= 4 is 6.29 Å². The van der Waals surface area contributed by atoms with Crippen molar-refractivity contribution in [3.8, 4) is 0 Å². The standard InChI is InChI=1S/C7H14.C4H8O/c1-3-5-7-6-4-2;1-4(2)3-5/h3H,1,4-7H2,2H3;3-4H,1-2H3. The van der Waals surface area contributed by atoms with Crippen molar-refractivity contribution in [2.45, 2.75) is 46.5 Å². The highest BCUT2D eigenvalue weighted by Crippen LogP contribution is 1.97. The molecule has 0 atom stereocenters. The molecule has 0 aliphatic heterocycles. The molecule has 0 bridgehead atoms. The summed E-state index contributed by atoms with van der Waals surface area (Å²) in [5.74, 6) is 0.204. The lowest BCUT2D eigenvalue weighted by Crippen LogP contribution is -1.82. The van der Waals surface area contributed by atoms with Crippen molar-refractivity contribution in [3.63, 3.8) is 0 Å². The fraction of sp³-hybridized carbons (Fsp3) is 0.727. The molecule has 0 saturated carbocycles. The molecule has 0 rings (SSSR count). The maximum atomic E-state index is 9.50. The minimum Gasteiger partial charge on any atom is -0.303 e. The van der Waals surface area contributed by atoms with Crippen LogP contribution in [-0.2, 0) is 4.79 Å². The van der Waals surface area contributed by atoms with Crippen LogP contribution in [0.15, 0.2) is 12.7 Å². The second kappa shape index (κ2) is 13.0. The lowest BCUT2D eigenvalue weighted by molar-refractivity contribution is -0.110. The Bertz CT molecular complexity index is 95.2. The first-order valence-corrected chi connectivity index (χ1v) is 4.75. The van der Waals surface area contributed by atoms with Crippen LogP contribution in [0.3, 0.4) is 0 Å². The van der Waals surface area contributed by atoms with Gasteiger partial charge < -0.3 is 4.79 Å². The van der Waals surface area contributed by atoms with Gasteiger partial charge in [0.1, 0.15) is 6.29 Å². The third kappa shape index (κ3) is 22.7. The molecule has 72 valence electrons. The molecule has 0 aromatic rings. The highest BCUT2D eigenvalue weighted by atomic mass is 16.1. The number of rotatable bonds is 5. The van der Waals surface area contributed by atoms with Crippen LogP contribution in [0.2, 0.25) is 0 Å². The molecule has 1 nitrogen and oxygen atoms in total. The molecule has 0 radical (unpaired) electrons. The van der Waals surface area contributed by atoms with Gasteiger partial charge in [0.05, 0.1) is 0 Å². The minimum absolute atomic E-state index is 0.204. The van der Waals surface area contributed by atoms with Crippen molar-refractivity contribution in [2.24, 2.45) is 5.92 Å². The van der Waals surface area contributed by atoms with Gasteiger partial charge in [0.15, 0.2) is 0 Å². The number of hydrogen-bond acceptors (Lipinski definition) is 1. The van der Waals surface area contributed by atoms with Crippen LogP contribution in [0.5, 0.6) is 0 Å². The van der Waals surface area contributed by atoms with Gasteiger partial charge in [-0.15, -0.1) is 6.58 Å². The number of carbonyl (C=O) groups excluding carboxylic acids is 1.